The number of hydrogen-bond acceptors (Lipinski definition) is 4. The second-order valence-corrected chi connectivity index (χ2v) is 8.05. The Bertz CT molecular complexity index is 1150. The molecule has 5 rings (SSSR count). The van der Waals surface area contributed by atoms with Crippen molar-refractivity contribution >= 4 is 38.0 Å². The first-order valence-corrected chi connectivity index (χ1v) is 9.70. The first-order chi connectivity index (χ1) is 12.7. The molecular weight excluding hydrogens is 340 g/mol. The second-order valence-electron chi connectivity index (χ2n) is 7.02. The van der Waals surface area contributed by atoms with Gasteiger partial charge in [-0.05, 0) is 54.4 Å². The predicted octanol–water partition coefficient (Wildman–Crippen LogP) is 4.57. The van der Waals surface area contributed by atoms with E-state index in [9.17, 15) is 0 Å². The Balaban J connectivity index is 1.54. The zero-order valence-corrected chi connectivity index (χ0v) is 15.8. The first-order valence-electron chi connectivity index (χ1n) is 8.88. The molecule has 0 amide bonds. The number of hydrogen-bond donors (Lipinski definition) is 0. The molecule has 4 nitrogen and oxygen atoms in total. The van der Waals surface area contributed by atoms with E-state index < -0.39 is 0 Å². The second kappa shape index (κ2) is 6.04. The maximum Gasteiger partial charge on any atom is 0.120 e. The van der Waals surface area contributed by atoms with Gasteiger partial charge >= 0.3 is 0 Å². The van der Waals surface area contributed by atoms with Crippen LogP contribution in [0.15, 0.2) is 48.7 Å². The summed E-state index contributed by atoms with van der Waals surface area (Å²) in [5, 5.41) is 6.80. The van der Waals surface area contributed by atoms with Gasteiger partial charge in [0.2, 0.25) is 0 Å². The topological polar surface area (TPSA) is 34.0 Å². The molecule has 0 spiro atoms. The van der Waals surface area contributed by atoms with Gasteiger partial charge in [0.15, 0.2) is 0 Å². The van der Waals surface area contributed by atoms with Crippen molar-refractivity contribution < 1.29 is 0 Å². The molecular formula is C21H20N4S. The van der Waals surface area contributed by atoms with Crippen molar-refractivity contribution in [2.24, 2.45) is 7.05 Å². The van der Waals surface area contributed by atoms with Gasteiger partial charge in [-0.15, -0.1) is 11.3 Å². The minimum Gasteiger partial charge on any atom is -0.302 e. The van der Waals surface area contributed by atoms with Crippen molar-refractivity contribution in [2.45, 2.75) is 6.42 Å². The largest absolute Gasteiger partial charge is 0.302 e. The van der Waals surface area contributed by atoms with Crippen LogP contribution in [0.1, 0.15) is 11.4 Å². The van der Waals surface area contributed by atoms with Gasteiger partial charge in [-0.25, -0.2) is 4.98 Å². The third kappa shape index (κ3) is 2.73. The number of nitrogens with zero attached hydrogens (tertiary/aromatic N) is 4. The lowest BCUT2D eigenvalue weighted by Crippen LogP contribution is -2.23. The van der Waals surface area contributed by atoms with E-state index >= 15 is 0 Å². The Hall–Kier alpha value is -2.50. The van der Waals surface area contributed by atoms with Gasteiger partial charge in [-0.3, -0.25) is 4.68 Å². The van der Waals surface area contributed by atoms with E-state index in [0.29, 0.717) is 0 Å². The summed E-state index contributed by atoms with van der Waals surface area (Å²) in [6, 6.07) is 13.0. The van der Waals surface area contributed by atoms with Crippen molar-refractivity contribution in [3.05, 3.63) is 53.7 Å². The molecule has 0 radical (unpaired) electrons. The van der Waals surface area contributed by atoms with Crippen LogP contribution in [-0.2, 0) is 7.05 Å². The number of thiazole rings is 1. The van der Waals surface area contributed by atoms with E-state index in [2.05, 4.69) is 65.7 Å². The van der Waals surface area contributed by atoms with E-state index in [4.69, 9.17) is 4.98 Å². The van der Waals surface area contributed by atoms with Crippen LogP contribution < -0.4 is 0 Å². The van der Waals surface area contributed by atoms with E-state index in [0.717, 1.165) is 30.5 Å². The SMILES string of the molecule is CN1CC=C(c2nc3ccc(-c4ccc5nn(C)cc5c4)cc3s2)CC1. The highest BCUT2D eigenvalue weighted by Crippen LogP contribution is 2.33. The molecule has 5 heteroatoms. The van der Waals surface area contributed by atoms with Gasteiger partial charge in [-0.1, -0.05) is 18.2 Å². The third-order valence-corrected chi connectivity index (χ3v) is 6.12. The number of aryl methyl sites for hydroxylation is 1. The van der Waals surface area contributed by atoms with E-state index in [1.54, 1.807) is 0 Å². The summed E-state index contributed by atoms with van der Waals surface area (Å²) in [5.41, 5.74) is 5.97. The Morgan fingerprint density at radius 2 is 1.81 bits per heavy atom. The average Bonchev–Trinajstić information content (AvgIpc) is 3.23. The quantitative estimate of drug-likeness (QED) is 0.525. The Morgan fingerprint density at radius 1 is 1.00 bits per heavy atom. The summed E-state index contributed by atoms with van der Waals surface area (Å²) in [5.74, 6) is 0. The van der Waals surface area contributed by atoms with Gasteiger partial charge in [0, 0.05) is 31.7 Å². The normalized spacial score (nSPS) is 15.7. The molecule has 1 aliphatic heterocycles. The Kier molecular flexibility index (Phi) is 3.65. The summed E-state index contributed by atoms with van der Waals surface area (Å²) >= 11 is 1.81. The van der Waals surface area contributed by atoms with Crippen LogP contribution in [0.4, 0.5) is 0 Å². The predicted molar refractivity (Wildman–Crippen MR) is 109 cm³/mol. The third-order valence-electron chi connectivity index (χ3n) is 5.03. The summed E-state index contributed by atoms with van der Waals surface area (Å²) in [4.78, 5) is 7.20. The van der Waals surface area contributed by atoms with E-state index in [1.165, 1.54) is 31.8 Å². The maximum absolute atomic E-state index is 4.87. The van der Waals surface area contributed by atoms with Crippen LogP contribution in [0.2, 0.25) is 0 Å². The fourth-order valence-corrected chi connectivity index (χ4v) is 4.61. The molecule has 0 bridgehead atoms. The van der Waals surface area contributed by atoms with Crippen molar-refractivity contribution in [3.63, 3.8) is 0 Å². The molecule has 0 unspecified atom stereocenters. The summed E-state index contributed by atoms with van der Waals surface area (Å²) < 4.78 is 3.12. The fraction of sp³-hybridized carbons (Fsp3) is 0.238. The Labute approximate surface area is 156 Å². The van der Waals surface area contributed by atoms with E-state index in [-0.39, 0.29) is 0 Å². The first kappa shape index (κ1) is 15.7. The zero-order chi connectivity index (χ0) is 17.7. The van der Waals surface area contributed by atoms with Gasteiger partial charge in [0.1, 0.15) is 5.01 Å². The lowest BCUT2D eigenvalue weighted by Gasteiger charge is -2.20. The number of rotatable bonds is 2. The summed E-state index contributed by atoms with van der Waals surface area (Å²) in [7, 11) is 4.12. The molecule has 0 atom stereocenters. The van der Waals surface area contributed by atoms with Crippen LogP contribution in [-0.4, -0.2) is 39.8 Å². The number of aromatic nitrogens is 3. The molecule has 4 aromatic rings. The highest BCUT2D eigenvalue weighted by molar-refractivity contribution is 7.19. The van der Waals surface area contributed by atoms with Gasteiger partial charge < -0.3 is 4.90 Å². The van der Waals surface area contributed by atoms with Crippen molar-refractivity contribution in [1.29, 1.82) is 0 Å². The lowest BCUT2D eigenvalue weighted by atomic mass is 10.0. The van der Waals surface area contributed by atoms with Crippen LogP contribution in [0.25, 0.3) is 37.8 Å². The molecule has 3 heterocycles. The number of fused-ring (bicyclic) bond motifs is 2. The Morgan fingerprint density at radius 3 is 2.62 bits per heavy atom. The van der Waals surface area contributed by atoms with Crippen molar-refractivity contribution in [3.8, 4) is 11.1 Å². The van der Waals surface area contributed by atoms with Crippen molar-refractivity contribution in [1.82, 2.24) is 19.7 Å². The molecule has 0 aliphatic carbocycles. The number of likely N-dealkylation sites (N-methyl/N-ethyl adjacent to an activating group) is 1. The minimum atomic E-state index is 1.02. The van der Waals surface area contributed by atoms with Gasteiger partial charge in [-0.2, -0.15) is 5.10 Å². The molecule has 0 saturated carbocycles. The minimum absolute atomic E-state index is 1.02. The molecule has 0 N–H and O–H groups in total. The molecule has 26 heavy (non-hydrogen) atoms. The molecule has 0 saturated heterocycles. The monoisotopic (exact) mass is 360 g/mol. The highest BCUT2D eigenvalue weighted by atomic mass is 32.1. The van der Waals surface area contributed by atoms with Crippen LogP contribution in [0.5, 0.6) is 0 Å². The lowest BCUT2D eigenvalue weighted by molar-refractivity contribution is 0.370. The molecule has 1 aliphatic rings. The summed E-state index contributed by atoms with van der Waals surface area (Å²) in [6.45, 7) is 2.12. The van der Waals surface area contributed by atoms with E-state index in [1.807, 2.05) is 23.1 Å². The van der Waals surface area contributed by atoms with Crippen LogP contribution in [0, 0.1) is 0 Å². The molecule has 130 valence electrons. The average molecular weight is 360 g/mol. The smallest absolute Gasteiger partial charge is 0.120 e. The van der Waals surface area contributed by atoms with Gasteiger partial charge in [0.05, 0.1) is 15.7 Å². The molecule has 2 aromatic heterocycles. The highest BCUT2D eigenvalue weighted by Gasteiger charge is 2.14. The van der Waals surface area contributed by atoms with Crippen LogP contribution in [0.3, 0.4) is 0 Å². The molecule has 0 fully saturated rings. The number of benzene rings is 2. The maximum atomic E-state index is 4.87. The fourth-order valence-electron chi connectivity index (χ4n) is 3.54. The standard InChI is InChI=1S/C21H20N4S/c1-24-9-7-14(8-10-24)21-22-19-6-4-16(12-20(19)26-21)15-3-5-18-17(11-15)13-25(2)23-18/h3-7,11-13H,8-10H2,1-2H3. The summed E-state index contributed by atoms with van der Waals surface area (Å²) in [6.07, 6.45) is 5.47. The molecule has 2 aromatic carbocycles. The van der Waals surface area contributed by atoms with Crippen molar-refractivity contribution in [2.75, 3.05) is 20.1 Å². The van der Waals surface area contributed by atoms with Crippen LogP contribution >= 0.6 is 11.3 Å². The zero-order valence-electron chi connectivity index (χ0n) is 14.9. The van der Waals surface area contributed by atoms with Gasteiger partial charge in [0.25, 0.3) is 0 Å².